The molecule has 0 amide bonds. The zero-order chi connectivity index (χ0) is 8.20. The molecule has 1 N–H and O–H groups in total. The third-order valence-corrected chi connectivity index (χ3v) is 1.67. The molecule has 0 fully saturated rings. The maximum atomic E-state index is 9.90. The summed E-state index contributed by atoms with van der Waals surface area (Å²) in [5.41, 5.74) is -0.264. The molecule has 4 heteroatoms. The van der Waals surface area contributed by atoms with Gasteiger partial charge in [-0.25, -0.2) is 4.79 Å². The smallest absolute Gasteiger partial charge is 0.450 e. The van der Waals surface area contributed by atoms with Gasteiger partial charge in [-0.1, -0.05) is 13.8 Å². The summed E-state index contributed by atoms with van der Waals surface area (Å²) >= 11 is 5.50. The number of alkyl halides is 1. The van der Waals surface area contributed by atoms with Gasteiger partial charge in [0.25, 0.3) is 0 Å². The van der Waals surface area contributed by atoms with Crippen LogP contribution in [-0.2, 0) is 4.74 Å². The second-order valence-electron chi connectivity index (χ2n) is 2.85. The Morgan fingerprint density at radius 3 is 2.50 bits per heavy atom. The van der Waals surface area contributed by atoms with E-state index in [1.807, 2.05) is 13.8 Å². The Hall–Kier alpha value is -0.440. The molecular weight excluding hydrogens is 156 g/mol. The lowest BCUT2D eigenvalue weighted by Crippen LogP contribution is -2.22. The Morgan fingerprint density at radius 2 is 2.20 bits per heavy atom. The first-order valence-electron chi connectivity index (χ1n) is 2.89. The van der Waals surface area contributed by atoms with Crippen LogP contribution < -0.4 is 0 Å². The van der Waals surface area contributed by atoms with Crippen molar-refractivity contribution in [3.05, 3.63) is 0 Å². The molecule has 10 heavy (non-hydrogen) atoms. The van der Waals surface area contributed by atoms with Crippen molar-refractivity contribution in [1.29, 1.82) is 0 Å². The molecule has 0 atom stereocenters. The Balaban J connectivity index is 3.56. The second-order valence-corrected chi connectivity index (χ2v) is 3.12. The Morgan fingerprint density at radius 1 is 1.70 bits per heavy atom. The molecular formula is C6H11ClO3. The van der Waals surface area contributed by atoms with Crippen LogP contribution in [0.2, 0.25) is 0 Å². The van der Waals surface area contributed by atoms with E-state index in [1.165, 1.54) is 0 Å². The highest BCUT2D eigenvalue weighted by molar-refractivity contribution is 6.18. The van der Waals surface area contributed by atoms with Crippen LogP contribution in [0.25, 0.3) is 0 Å². The molecule has 0 heterocycles. The van der Waals surface area contributed by atoms with Gasteiger partial charge >= 0.3 is 6.16 Å². The number of halogens is 1. The van der Waals surface area contributed by atoms with Crippen molar-refractivity contribution in [3.63, 3.8) is 0 Å². The zero-order valence-corrected chi connectivity index (χ0v) is 6.81. The van der Waals surface area contributed by atoms with Crippen LogP contribution in [0.5, 0.6) is 0 Å². The highest BCUT2D eigenvalue weighted by Crippen LogP contribution is 2.16. The largest absolute Gasteiger partial charge is 0.505 e. The lowest BCUT2D eigenvalue weighted by molar-refractivity contribution is 0.0630. The fourth-order valence-corrected chi connectivity index (χ4v) is 0.373. The van der Waals surface area contributed by atoms with Crippen molar-refractivity contribution in [2.75, 3.05) is 12.5 Å². The van der Waals surface area contributed by atoms with Gasteiger partial charge in [0.2, 0.25) is 0 Å². The molecule has 0 radical (unpaired) electrons. The summed E-state index contributed by atoms with van der Waals surface area (Å²) in [6.45, 7) is 3.82. The molecule has 0 saturated carbocycles. The van der Waals surface area contributed by atoms with Crippen LogP contribution in [0.15, 0.2) is 0 Å². The van der Waals surface area contributed by atoms with Crippen molar-refractivity contribution in [2.45, 2.75) is 13.8 Å². The van der Waals surface area contributed by atoms with E-state index in [0.29, 0.717) is 5.88 Å². The van der Waals surface area contributed by atoms with Crippen molar-refractivity contribution >= 4 is 17.8 Å². The van der Waals surface area contributed by atoms with E-state index in [1.54, 1.807) is 0 Å². The third-order valence-electron chi connectivity index (χ3n) is 0.948. The molecule has 0 spiro atoms. The van der Waals surface area contributed by atoms with Crippen LogP contribution in [0.4, 0.5) is 4.79 Å². The minimum Gasteiger partial charge on any atom is -0.450 e. The molecule has 0 aromatic heterocycles. The summed E-state index contributed by atoms with van der Waals surface area (Å²) in [7, 11) is 0. The topological polar surface area (TPSA) is 46.5 Å². The van der Waals surface area contributed by atoms with E-state index in [2.05, 4.69) is 4.74 Å². The fraction of sp³-hybridized carbons (Fsp3) is 0.833. The van der Waals surface area contributed by atoms with E-state index in [0.717, 1.165) is 0 Å². The molecule has 0 aliphatic rings. The van der Waals surface area contributed by atoms with Gasteiger partial charge in [0.1, 0.15) is 6.61 Å². The number of carbonyl (C=O) groups is 1. The average molecular weight is 167 g/mol. The van der Waals surface area contributed by atoms with Crippen molar-refractivity contribution in [2.24, 2.45) is 5.41 Å². The molecule has 0 aromatic rings. The minimum absolute atomic E-state index is 0.145. The lowest BCUT2D eigenvalue weighted by atomic mass is 9.98. The summed E-state index contributed by atoms with van der Waals surface area (Å²) in [6, 6.07) is 0. The summed E-state index contributed by atoms with van der Waals surface area (Å²) in [6.07, 6.45) is -1.25. The fourth-order valence-electron chi connectivity index (χ4n) is 0.296. The first-order valence-corrected chi connectivity index (χ1v) is 3.43. The molecule has 60 valence electrons. The van der Waals surface area contributed by atoms with Crippen molar-refractivity contribution in [3.8, 4) is 0 Å². The molecule has 0 aromatic carbocycles. The predicted octanol–water partition coefficient (Wildman–Crippen LogP) is 1.95. The first-order chi connectivity index (χ1) is 4.48. The lowest BCUT2D eigenvalue weighted by Gasteiger charge is -2.19. The predicted molar refractivity (Wildman–Crippen MR) is 38.5 cm³/mol. The van der Waals surface area contributed by atoms with E-state index in [-0.39, 0.29) is 12.0 Å². The van der Waals surface area contributed by atoms with E-state index in [4.69, 9.17) is 16.7 Å². The second kappa shape index (κ2) is 3.66. The third kappa shape index (κ3) is 4.44. The molecule has 0 aliphatic carbocycles. The van der Waals surface area contributed by atoms with Gasteiger partial charge < -0.3 is 9.84 Å². The number of rotatable bonds is 3. The van der Waals surface area contributed by atoms with E-state index < -0.39 is 6.16 Å². The number of carboxylic acid groups (broad SMARTS) is 1. The Labute approximate surface area is 64.9 Å². The molecule has 0 bridgehead atoms. The average Bonchev–Trinajstić information content (AvgIpc) is 1.85. The Kier molecular flexibility index (Phi) is 3.50. The van der Waals surface area contributed by atoms with E-state index >= 15 is 0 Å². The van der Waals surface area contributed by atoms with Gasteiger partial charge in [-0.05, 0) is 0 Å². The maximum Gasteiger partial charge on any atom is 0.505 e. The van der Waals surface area contributed by atoms with E-state index in [9.17, 15) is 4.79 Å². The van der Waals surface area contributed by atoms with Gasteiger partial charge in [0, 0.05) is 11.3 Å². The number of hydrogen-bond donors (Lipinski definition) is 1. The molecule has 3 nitrogen and oxygen atoms in total. The van der Waals surface area contributed by atoms with Crippen LogP contribution in [-0.4, -0.2) is 23.7 Å². The Bertz CT molecular complexity index is 122. The van der Waals surface area contributed by atoms with Crippen LogP contribution in [0, 0.1) is 5.41 Å². The van der Waals surface area contributed by atoms with Crippen LogP contribution in [0.1, 0.15) is 13.8 Å². The SMILES string of the molecule is CC(C)(CCl)COC(=O)O. The standard InChI is InChI=1S/C6H11ClO3/c1-6(2,3-7)4-10-5(8)9/h3-4H2,1-2H3,(H,8,9). The quantitative estimate of drug-likeness (QED) is 0.515. The molecule has 0 rings (SSSR count). The normalized spacial score (nSPS) is 11.1. The van der Waals surface area contributed by atoms with Crippen LogP contribution >= 0.6 is 11.6 Å². The highest BCUT2D eigenvalue weighted by Gasteiger charge is 2.18. The van der Waals surface area contributed by atoms with Gasteiger partial charge in [-0.15, -0.1) is 11.6 Å². The molecule has 0 unspecified atom stereocenters. The number of ether oxygens (including phenoxy) is 1. The minimum atomic E-state index is -1.25. The summed E-state index contributed by atoms with van der Waals surface area (Å²) in [4.78, 5) is 9.90. The summed E-state index contributed by atoms with van der Waals surface area (Å²) < 4.78 is 4.33. The van der Waals surface area contributed by atoms with Crippen LogP contribution in [0.3, 0.4) is 0 Å². The maximum absolute atomic E-state index is 9.90. The summed E-state index contributed by atoms with van der Waals surface area (Å²) in [5, 5.41) is 8.11. The molecule has 0 aliphatic heterocycles. The van der Waals surface area contributed by atoms with Gasteiger partial charge in [0.15, 0.2) is 0 Å². The van der Waals surface area contributed by atoms with Gasteiger partial charge in [-0.3, -0.25) is 0 Å². The summed E-state index contributed by atoms with van der Waals surface area (Å²) in [5.74, 6) is 0.389. The van der Waals surface area contributed by atoms with Crippen molar-refractivity contribution < 1.29 is 14.6 Å². The highest BCUT2D eigenvalue weighted by atomic mass is 35.5. The van der Waals surface area contributed by atoms with Gasteiger partial charge in [-0.2, -0.15) is 0 Å². The first kappa shape index (κ1) is 9.56. The zero-order valence-electron chi connectivity index (χ0n) is 6.06. The van der Waals surface area contributed by atoms with Crippen molar-refractivity contribution in [1.82, 2.24) is 0 Å². The van der Waals surface area contributed by atoms with Gasteiger partial charge in [0.05, 0.1) is 0 Å². The number of hydrogen-bond acceptors (Lipinski definition) is 2. The molecule has 0 saturated heterocycles. The monoisotopic (exact) mass is 166 g/mol.